The first-order chi connectivity index (χ1) is 14.6. The Hall–Kier alpha value is -2.23. The number of carboxylic acids is 1. The number of carboxylic acid groups (broad SMARTS) is 1. The predicted octanol–water partition coefficient (Wildman–Crippen LogP) is 1.43. The van der Waals surface area contributed by atoms with E-state index in [2.05, 4.69) is 9.97 Å². The van der Waals surface area contributed by atoms with E-state index in [1.165, 1.54) is 28.9 Å². The van der Waals surface area contributed by atoms with Gasteiger partial charge in [-0.1, -0.05) is 60.7 Å². The molecule has 0 bridgehead atoms. The SMILES string of the molecule is CCOC(=O)c1cnc(-c2ccccc2)s1.O=C(O)c1cnc(-c2ccccc2)s1.[AlH3].[H-].[Li+]. The molecular weight excluding hydrogens is 454 g/mol. The Morgan fingerprint density at radius 1 is 0.875 bits per heavy atom. The number of ether oxygens (including phenoxy) is 1. The third-order valence-corrected chi connectivity index (χ3v) is 5.80. The molecule has 0 unspecified atom stereocenters. The number of esters is 1. The molecule has 0 aliphatic heterocycles. The van der Waals surface area contributed by atoms with Gasteiger partial charge in [0.1, 0.15) is 19.8 Å². The van der Waals surface area contributed by atoms with Gasteiger partial charge in [-0.2, -0.15) is 0 Å². The van der Waals surface area contributed by atoms with E-state index in [0.29, 0.717) is 11.5 Å². The summed E-state index contributed by atoms with van der Waals surface area (Å²) in [6, 6.07) is 19.3. The Morgan fingerprint density at radius 2 is 1.31 bits per heavy atom. The van der Waals surface area contributed by atoms with Gasteiger partial charge in [-0.05, 0) is 6.92 Å². The summed E-state index contributed by atoms with van der Waals surface area (Å²) in [5, 5.41) is 10.3. The molecular formula is C22H22AlLiN2O4S2. The van der Waals surface area contributed by atoms with Crippen LogP contribution in [0.1, 0.15) is 27.7 Å². The minimum Gasteiger partial charge on any atom is -1.00 e. The number of rotatable bonds is 5. The number of benzene rings is 2. The van der Waals surface area contributed by atoms with Crippen molar-refractivity contribution in [3.8, 4) is 21.1 Å². The number of carbonyl (C=O) groups is 2. The van der Waals surface area contributed by atoms with E-state index in [0.717, 1.165) is 21.1 Å². The van der Waals surface area contributed by atoms with Crippen LogP contribution in [0.25, 0.3) is 21.1 Å². The molecule has 0 fully saturated rings. The van der Waals surface area contributed by atoms with Crippen molar-refractivity contribution >= 4 is 52.0 Å². The van der Waals surface area contributed by atoms with Gasteiger partial charge < -0.3 is 11.3 Å². The summed E-state index contributed by atoms with van der Waals surface area (Å²) in [5.41, 5.74) is 1.97. The molecule has 1 N–H and O–H groups in total. The number of nitrogens with zero attached hydrogens (tertiary/aromatic N) is 2. The molecule has 0 aliphatic rings. The summed E-state index contributed by atoms with van der Waals surface area (Å²) < 4.78 is 4.91. The van der Waals surface area contributed by atoms with Gasteiger partial charge in [0.15, 0.2) is 17.4 Å². The van der Waals surface area contributed by atoms with E-state index in [4.69, 9.17) is 9.84 Å². The molecule has 0 radical (unpaired) electrons. The molecule has 160 valence electrons. The molecule has 10 heteroatoms. The first-order valence-corrected chi connectivity index (χ1v) is 10.6. The molecule has 0 aliphatic carbocycles. The average Bonchev–Trinajstić information content (AvgIpc) is 3.46. The molecule has 4 aromatic rings. The van der Waals surface area contributed by atoms with Gasteiger partial charge in [0.05, 0.1) is 19.0 Å². The molecule has 0 spiro atoms. The molecule has 0 amide bonds. The van der Waals surface area contributed by atoms with Crippen LogP contribution in [-0.2, 0) is 4.74 Å². The van der Waals surface area contributed by atoms with Crippen molar-refractivity contribution in [3.63, 3.8) is 0 Å². The van der Waals surface area contributed by atoms with Crippen molar-refractivity contribution < 1.29 is 39.7 Å². The smallest absolute Gasteiger partial charge is 1.00 e. The molecule has 2 aromatic carbocycles. The van der Waals surface area contributed by atoms with Crippen LogP contribution in [0.15, 0.2) is 73.1 Å². The van der Waals surface area contributed by atoms with Crippen LogP contribution in [-0.4, -0.2) is 51.0 Å². The summed E-state index contributed by atoms with van der Waals surface area (Å²) >= 11 is 2.53. The minimum absolute atomic E-state index is 0. The zero-order valence-electron chi connectivity index (χ0n) is 18.0. The Kier molecular flexibility index (Phi) is 12.2. The van der Waals surface area contributed by atoms with Gasteiger partial charge in [-0.3, -0.25) is 0 Å². The third kappa shape index (κ3) is 7.72. The van der Waals surface area contributed by atoms with Crippen LogP contribution < -0.4 is 18.9 Å². The van der Waals surface area contributed by atoms with Crippen molar-refractivity contribution in [3.05, 3.63) is 82.8 Å². The van der Waals surface area contributed by atoms with Crippen molar-refractivity contribution in [2.75, 3.05) is 6.61 Å². The summed E-state index contributed by atoms with van der Waals surface area (Å²) in [6.45, 7) is 2.18. The molecule has 0 atom stereocenters. The minimum atomic E-state index is -0.926. The molecule has 2 aromatic heterocycles. The molecule has 2 heterocycles. The van der Waals surface area contributed by atoms with Crippen LogP contribution in [0.2, 0.25) is 0 Å². The van der Waals surface area contributed by atoms with E-state index in [1.54, 1.807) is 13.1 Å². The number of aromatic carboxylic acids is 1. The fourth-order valence-electron chi connectivity index (χ4n) is 2.37. The first-order valence-electron chi connectivity index (χ1n) is 9.01. The molecule has 0 saturated carbocycles. The normalized spacial score (nSPS) is 9.41. The summed E-state index contributed by atoms with van der Waals surface area (Å²) in [5.74, 6) is -1.23. The summed E-state index contributed by atoms with van der Waals surface area (Å²) in [7, 11) is 0. The van der Waals surface area contributed by atoms with Gasteiger partial charge in [0, 0.05) is 11.1 Å². The largest absolute Gasteiger partial charge is 1.00 e. The zero-order chi connectivity index (χ0) is 21.3. The maximum absolute atomic E-state index is 11.4. The van der Waals surface area contributed by atoms with Gasteiger partial charge in [0.2, 0.25) is 0 Å². The Labute approximate surface area is 218 Å². The quantitative estimate of drug-likeness (QED) is 0.346. The van der Waals surface area contributed by atoms with Crippen LogP contribution in [0.5, 0.6) is 0 Å². The summed E-state index contributed by atoms with van der Waals surface area (Å²) in [6.07, 6.45) is 2.94. The Morgan fingerprint density at radius 3 is 1.72 bits per heavy atom. The maximum atomic E-state index is 11.4. The van der Waals surface area contributed by atoms with Gasteiger partial charge in [-0.15, -0.1) is 22.7 Å². The van der Waals surface area contributed by atoms with Crippen molar-refractivity contribution in [2.24, 2.45) is 0 Å². The Balaban J connectivity index is 0.000000573. The number of aromatic nitrogens is 2. The average molecular weight is 476 g/mol. The monoisotopic (exact) mass is 476 g/mol. The summed E-state index contributed by atoms with van der Waals surface area (Å²) in [4.78, 5) is 31.1. The van der Waals surface area contributed by atoms with Gasteiger partial charge in [-0.25, -0.2) is 19.6 Å². The van der Waals surface area contributed by atoms with Crippen LogP contribution in [0, 0.1) is 0 Å². The van der Waals surface area contributed by atoms with Gasteiger partial charge in [0.25, 0.3) is 0 Å². The van der Waals surface area contributed by atoms with Crippen molar-refractivity contribution in [2.45, 2.75) is 6.92 Å². The first kappa shape index (κ1) is 27.8. The van der Waals surface area contributed by atoms with Crippen molar-refractivity contribution in [1.29, 1.82) is 0 Å². The van der Waals surface area contributed by atoms with Gasteiger partial charge >= 0.3 is 30.8 Å². The number of thiazole rings is 2. The second-order valence-electron chi connectivity index (χ2n) is 5.82. The number of hydrogen-bond acceptors (Lipinski definition) is 7. The van der Waals surface area contributed by atoms with E-state index in [-0.39, 0.29) is 48.5 Å². The van der Waals surface area contributed by atoms with E-state index < -0.39 is 5.97 Å². The predicted molar refractivity (Wildman–Crippen MR) is 129 cm³/mol. The number of carbonyl (C=O) groups excluding carboxylic acids is 1. The maximum Gasteiger partial charge on any atom is 1.00 e. The zero-order valence-corrected chi connectivity index (χ0v) is 18.7. The van der Waals surface area contributed by atoms with E-state index in [1.807, 2.05) is 60.7 Å². The standard InChI is InChI=1S/C12H11NO2S.C10H7NO2S.Al.Li.4H/c1-2-15-12(14)10-8-13-11(16-10)9-6-4-3-5-7-9;12-10(13)8-6-11-9(14-8)7-4-2-1-3-5-7;;;;;;/h3-8H,2H2,1H3;1-6H,(H,12,13);;;;;;/q;;;+1;;;;-1. The third-order valence-electron chi connectivity index (χ3n) is 3.74. The second kappa shape index (κ2) is 14.0. The second-order valence-corrected chi connectivity index (χ2v) is 7.88. The van der Waals surface area contributed by atoms with Crippen LogP contribution in [0.3, 0.4) is 0 Å². The molecule has 4 rings (SSSR count). The van der Waals surface area contributed by atoms with E-state index in [9.17, 15) is 9.59 Å². The van der Waals surface area contributed by atoms with Crippen LogP contribution in [0.4, 0.5) is 0 Å². The number of hydrogen-bond donors (Lipinski definition) is 1. The van der Waals surface area contributed by atoms with E-state index >= 15 is 0 Å². The Bertz CT molecular complexity index is 1130. The van der Waals surface area contributed by atoms with Crippen molar-refractivity contribution in [1.82, 2.24) is 9.97 Å². The fraction of sp³-hybridized carbons (Fsp3) is 0.0909. The van der Waals surface area contributed by atoms with Crippen LogP contribution >= 0.6 is 22.7 Å². The molecule has 6 nitrogen and oxygen atoms in total. The topological polar surface area (TPSA) is 89.4 Å². The fourth-order valence-corrected chi connectivity index (χ4v) is 3.95. The molecule has 0 saturated heterocycles. The molecule has 32 heavy (non-hydrogen) atoms.